The van der Waals surface area contributed by atoms with Gasteiger partial charge in [0, 0.05) is 17.3 Å². The molecular weight excluding hydrogens is 276 g/mol. The quantitative estimate of drug-likeness (QED) is 0.644. The molecule has 0 unspecified atom stereocenters. The summed E-state index contributed by atoms with van der Waals surface area (Å²) in [4.78, 5) is 27.5. The van der Waals surface area contributed by atoms with Crippen molar-refractivity contribution >= 4 is 11.6 Å². The molecule has 2 rings (SSSR count). The van der Waals surface area contributed by atoms with Gasteiger partial charge in [0.2, 0.25) is 0 Å². The van der Waals surface area contributed by atoms with E-state index in [9.17, 15) is 9.59 Å². The average Bonchev–Trinajstić information content (AvgIpc) is 2.64. The lowest BCUT2D eigenvalue weighted by atomic mass is 10.0. The molecule has 1 heterocycles. The molecule has 0 saturated heterocycles. The minimum Gasteiger partial charge on any atom is -0.355 e. The number of rotatable bonds is 5. The topological polar surface area (TPSA) is 62.0 Å². The Labute approximate surface area is 133 Å². The van der Waals surface area contributed by atoms with E-state index >= 15 is 0 Å². The number of aromatic nitrogens is 1. The second-order valence-corrected chi connectivity index (χ2v) is 6.62. The molecule has 0 bridgehead atoms. The summed E-state index contributed by atoms with van der Waals surface area (Å²) in [6.45, 7) is 7.18. The highest BCUT2D eigenvalue weighted by Crippen LogP contribution is 2.21. The summed E-state index contributed by atoms with van der Waals surface area (Å²) in [5.41, 5.74) is 2.81. The van der Waals surface area contributed by atoms with Crippen LogP contribution in [-0.4, -0.2) is 28.6 Å². The molecule has 0 aliphatic heterocycles. The van der Waals surface area contributed by atoms with Gasteiger partial charge in [-0.3, -0.25) is 9.59 Å². The molecule has 1 aliphatic rings. The maximum absolute atomic E-state index is 12.7. The van der Waals surface area contributed by atoms with Gasteiger partial charge in [0.1, 0.15) is 0 Å². The minimum atomic E-state index is -0.223. The molecule has 2 N–H and O–H groups in total. The molecule has 1 aliphatic carbocycles. The second-order valence-electron chi connectivity index (χ2n) is 6.62. The van der Waals surface area contributed by atoms with Gasteiger partial charge in [0.05, 0.1) is 11.7 Å². The van der Waals surface area contributed by atoms with E-state index in [0.29, 0.717) is 17.3 Å². The first-order valence-electron chi connectivity index (χ1n) is 8.42. The SMILES string of the molecule is CC(=O)c1c(C)[nH]c(C(=O)[C@@H](C)NC2CCCCCC2)c1C. The number of carbonyl (C=O) groups excluding carboxylic acids is 2. The number of aromatic amines is 1. The standard InChI is InChI=1S/C18H28N2O2/c1-11-16(14(4)21)12(2)20-17(11)18(22)13(3)19-15-9-7-5-6-8-10-15/h13,15,19-20H,5-10H2,1-4H3/t13-/m1/s1. The van der Waals surface area contributed by atoms with Crippen LogP contribution in [-0.2, 0) is 0 Å². The molecule has 1 fully saturated rings. The third-order valence-corrected chi connectivity index (χ3v) is 4.77. The maximum atomic E-state index is 12.7. The van der Waals surface area contributed by atoms with Crippen molar-refractivity contribution in [2.75, 3.05) is 0 Å². The van der Waals surface area contributed by atoms with E-state index in [1.807, 2.05) is 20.8 Å². The molecular formula is C18H28N2O2. The fourth-order valence-corrected chi connectivity index (χ4v) is 3.62. The van der Waals surface area contributed by atoms with Crippen molar-refractivity contribution in [3.05, 3.63) is 22.5 Å². The van der Waals surface area contributed by atoms with Gasteiger partial charge in [0.25, 0.3) is 0 Å². The number of hydrogen-bond donors (Lipinski definition) is 2. The Morgan fingerprint density at radius 3 is 2.23 bits per heavy atom. The number of H-pyrrole nitrogens is 1. The maximum Gasteiger partial charge on any atom is 0.195 e. The zero-order valence-corrected chi connectivity index (χ0v) is 14.2. The smallest absolute Gasteiger partial charge is 0.195 e. The molecule has 0 aromatic carbocycles. The Bertz CT molecular complexity index is 552. The molecule has 4 heteroatoms. The zero-order valence-electron chi connectivity index (χ0n) is 14.2. The summed E-state index contributed by atoms with van der Waals surface area (Å²) >= 11 is 0. The molecule has 1 aromatic heterocycles. The van der Waals surface area contributed by atoms with E-state index in [2.05, 4.69) is 10.3 Å². The fourth-order valence-electron chi connectivity index (χ4n) is 3.62. The first-order valence-corrected chi connectivity index (χ1v) is 8.42. The van der Waals surface area contributed by atoms with Crippen molar-refractivity contribution in [1.82, 2.24) is 10.3 Å². The van der Waals surface area contributed by atoms with Crippen LogP contribution < -0.4 is 5.32 Å². The Morgan fingerprint density at radius 1 is 1.14 bits per heavy atom. The van der Waals surface area contributed by atoms with Gasteiger partial charge in [-0.15, -0.1) is 0 Å². The van der Waals surface area contributed by atoms with Crippen LogP contribution in [0.4, 0.5) is 0 Å². The van der Waals surface area contributed by atoms with E-state index in [-0.39, 0.29) is 17.6 Å². The Balaban J connectivity index is 2.10. The van der Waals surface area contributed by atoms with Crippen molar-refractivity contribution < 1.29 is 9.59 Å². The predicted molar refractivity (Wildman–Crippen MR) is 88.7 cm³/mol. The van der Waals surface area contributed by atoms with E-state index < -0.39 is 0 Å². The third-order valence-electron chi connectivity index (χ3n) is 4.77. The molecule has 1 aromatic rings. The summed E-state index contributed by atoms with van der Waals surface area (Å²) in [6, 6.07) is 0.213. The number of aryl methyl sites for hydroxylation is 1. The Kier molecular flexibility index (Phi) is 5.57. The van der Waals surface area contributed by atoms with Crippen LogP contribution in [0.2, 0.25) is 0 Å². The number of Topliss-reactive ketones (excluding diaryl/α,β-unsaturated/α-hetero) is 2. The predicted octanol–water partition coefficient (Wildman–Crippen LogP) is 3.72. The van der Waals surface area contributed by atoms with Crippen LogP contribution in [0.5, 0.6) is 0 Å². The first kappa shape index (κ1) is 16.9. The number of carbonyl (C=O) groups is 2. The highest BCUT2D eigenvalue weighted by atomic mass is 16.1. The lowest BCUT2D eigenvalue weighted by molar-refractivity contribution is 0.0937. The van der Waals surface area contributed by atoms with Crippen LogP contribution in [0.3, 0.4) is 0 Å². The highest BCUT2D eigenvalue weighted by molar-refractivity contribution is 6.05. The number of ketones is 2. The van der Waals surface area contributed by atoms with Gasteiger partial charge in [-0.2, -0.15) is 0 Å². The average molecular weight is 304 g/mol. The highest BCUT2D eigenvalue weighted by Gasteiger charge is 2.25. The van der Waals surface area contributed by atoms with E-state index in [4.69, 9.17) is 0 Å². The van der Waals surface area contributed by atoms with Crippen LogP contribution in [0.15, 0.2) is 0 Å². The van der Waals surface area contributed by atoms with E-state index in [1.165, 1.54) is 25.7 Å². The van der Waals surface area contributed by atoms with Gasteiger partial charge in [-0.25, -0.2) is 0 Å². The number of hydrogen-bond acceptors (Lipinski definition) is 3. The van der Waals surface area contributed by atoms with Crippen LogP contribution in [0.25, 0.3) is 0 Å². The molecule has 122 valence electrons. The van der Waals surface area contributed by atoms with Gasteiger partial charge < -0.3 is 10.3 Å². The normalized spacial score (nSPS) is 18.0. The lowest BCUT2D eigenvalue weighted by Crippen LogP contribution is -2.41. The summed E-state index contributed by atoms with van der Waals surface area (Å²) in [5.74, 6) is 0.0621. The third kappa shape index (κ3) is 3.67. The van der Waals surface area contributed by atoms with Crippen molar-refractivity contribution in [3.8, 4) is 0 Å². The van der Waals surface area contributed by atoms with Gasteiger partial charge in [-0.05, 0) is 46.1 Å². The molecule has 22 heavy (non-hydrogen) atoms. The summed E-state index contributed by atoms with van der Waals surface area (Å²) < 4.78 is 0. The fraction of sp³-hybridized carbons (Fsp3) is 0.667. The summed E-state index contributed by atoms with van der Waals surface area (Å²) in [5, 5.41) is 3.49. The molecule has 1 atom stereocenters. The minimum absolute atomic E-state index is 0.00896. The molecule has 4 nitrogen and oxygen atoms in total. The summed E-state index contributed by atoms with van der Waals surface area (Å²) in [7, 11) is 0. The summed E-state index contributed by atoms with van der Waals surface area (Å²) in [6.07, 6.45) is 7.40. The van der Waals surface area contributed by atoms with Crippen LogP contribution in [0.1, 0.15) is 84.5 Å². The molecule has 0 spiro atoms. The monoisotopic (exact) mass is 304 g/mol. The van der Waals surface area contributed by atoms with Crippen molar-refractivity contribution in [1.29, 1.82) is 0 Å². The molecule has 1 saturated carbocycles. The zero-order chi connectivity index (χ0) is 16.3. The largest absolute Gasteiger partial charge is 0.355 e. The number of nitrogens with one attached hydrogen (secondary N) is 2. The van der Waals surface area contributed by atoms with Crippen molar-refractivity contribution in [2.24, 2.45) is 0 Å². The van der Waals surface area contributed by atoms with Gasteiger partial charge in [-0.1, -0.05) is 25.7 Å². The van der Waals surface area contributed by atoms with Crippen molar-refractivity contribution in [2.45, 2.75) is 78.3 Å². The lowest BCUT2D eigenvalue weighted by Gasteiger charge is -2.21. The second kappa shape index (κ2) is 7.23. The van der Waals surface area contributed by atoms with Gasteiger partial charge in [0.15, 0.2) is 11.6 Å². The van der Waals surface area contributed by atoms with Crippen LogP contribution in [0, 0.1) is 13.8 Å². The van der Waals surface area contributed by atoms with Crippen molar-refractivity contribution in [3.63, 3.8) is 0 Å². The van der Waals surface area contributed by atoms with E-state index in [0.717, 1.165) is 24.1 Å². The van der Waals surface area contributed by atoms with Gasteiger partial charge >= 0.3 is 0 Å². The molecule has 0 amide bonds. The first-order chi connectivity index (χ1) is 10.4. The van der Waals surface area contributed by atoms with E-state index in [1.54, 1.807) is 6.92 Å². The Morgan fingerprint density at radius 2 is 1.73 bits per heavy atom. The van der Waals surface area contributed by atoms with Crippen LogP contribution >= 0.6 is 0 Å². The Hall–Kier alpha value is -1.42. The molecule has 0 radical (unpaired) electrons.